The monoisotopic (exact) mass is 442 g/mol. The van der Waals surface area contributed by atoms with Gasteiger partial charge in [0, 0.05) is 45.1 Å². The molecule has 1 unspecified atom stereocenters. The molecule has 8 nitrogen and oxygen atoms in total. The Morgan fingerprint density at radius 1 is 1.29 bits per heavy atom. The molecular weight excluding hydrogens is 412 g/mol. The van der Waals surface area contributed by atoms with Gasteiger partial charge >= 0.3 is 0 Å². The summed E-state index contributed by atoms with van der Waals surface area (Å²) in [6.07, 6.45) is 1.66. The second-order valence-electron chi connectivity index (χ2n) is 7.20. The van der Waals surface area contributed by atoms with Crippen molar-refractivity contribution in [2.45, 2.75) is 39.3 Å². The number of aryl methyl sites for hydroxylation is 1. The van der Waals surface area contributed by atoms with Gasteiger partial charge in [-0.05, 0) is 31.0 Å². The normalized spacial score (nSPS) is 12.7. The lowest BCUT2D eigenvalue weighted by molar-refractivity contribution is 0.119. The fourth-order valence-electron chi connectivity index (χ4n) is 3.03. The maximum absolute atomic E-state index is 5.34. The van der Waals surface area contributed by atoms with E-state index in [-0.39, 0.29) is 6.10 Å². The SMILES string of the molecule is CCc1noc(-c2ccc(CCNC(=NC)N(C)Cc3csc(C(C)OC)n3)cc2)n1. The molecule has 9 heteroatoms. The van der Waals surface area contributed by atoms with Crippen LogP contribution < -0.4 is 5.32 Å². The summed E-state index contributed by atoms with van der Waals surface area (Å²) in [6, 6.07) is 8.22. The van der Waals surface area contributed by atoms with Crippen molar-refractivity contribution in [2.75, 3.05) is 27.7 Å². The van der Waals surface area contributed by atoms with Crippen LogP contribution in [0.2, 0.25) is 0 Å². The van der Waals surface area contributed by atoms with Crippen LogP contribution in [0.25, 0.3) is 11.5 Å². The Morgan fingerprint density at radius 2 is 2.06 bits per heavy atom. The lowest BCUT2D eigenvalue weighted by Crippen LogP contribution is -2.39. The molecule has 3 aromatic rings. The van der Waals surface area contributed by atoms with Crippen LogP contribution in [0.15, 0.2) is 39.2 Å². The molecule has 0 aliphatic heterocycles. The molecule has 0 saturated carbocycles. The summed E-state index contributed by atoms with van der Waals surface area (Å²) in [5, 5.41) is 10.4. The average Bonchev–Trinajstić information content (AvgIpc) is 3.46. The third kappa shape index (κ3) is 6.11. The van der Waals surface area contributed by atoms with E-state index in [0.717, 1.165) is 47.4 Å². The third-order valence-corrected chi connectivity index (χ3v) is 5.98. The van der Waals surface area contributed by atoms with Crippen molar-refractivity contribution in [1.82, 2.24) is 25.3 Å². The molecule has 1 atom stereocenters. The maximum Gasteiger partial charge on any atom is 0.257 e. The van der Waals surface area contributed by atoms with Gasteiger partial charge in [-0.1, -0.05) is 24.2 Å². The number of hydrogen-bond donors (Lipinski definition) is 1. The fraction of sp³-hybridized carbons (Fsp3) is 0.455. The van der Waals surface area contributed by atoms with Crippen LogP contribution in [0.3, 0.4) is 0 Å². The summed E-state index contributed by atoms with van der Waals surface area (Å²) in [5.74, 6) is 2.12. The molecule has 0 aliphatic rings. The second-order valence-corrected chi connectivity index (χ2v) is 8.09. The molecule has 0 amide bonds. The molecular formula is C22H30N6O2S. The van der Waals surface area contributed by atoms with E-state index in [1.165, 1.54) is 5.56 Å². The third-order valence-electron chi connectivity index (χ3n) is 4.93. The van der Waals surface area contributed by atoms with Crippen LogP contribution in [0, 0.1) is 0 Å². The molecule has 2 heterocycles. The van der Waals surface area contributed by atoms with Crippen LogP contribution in [0.5, 0.6) is 0 Å². The molecule has 0 saturated heterocycles. The zero-order chi connectivity index (χ0) is 22.2. The van der Waals surface area contributed by atoms with Crippen LogP contribution in [-0.2, 0) is 24.1 Å². The number of guanidine groups is 1. The van der Waals surface area contributed by atoms with Gasteiger partial charge < -0.3 is 19.5 Å². The average molecular weight is 443 g/mol. The number of aromatic nitrogens is 3. The van der Waals surface area contributed by atoms with E-state index in [0.29, 0.717) is 12.4 Å². The molecule has 2 aromatic heterocycles. The summed E-state index contributed by atoms with van der Waals surface area (Å²) >= 11 is 1.62. The number of hydrogen-bond acceptors (Lipinski definition) is 7. The van der Waals surface area contributed by atoms with Gasteiger partial charge in [-0.3, -0.25) is 4.99 Å². The molecule has 166 valence electrons. The molecule has 1 N–H and O–H groups in total. The highest BCUT2D eigenvalue weighted by atomic mass is 32.1. The van der Waals surface area contributed by atoms with E-state index in [1.54, 1.807) is 25.5 Å². The molecule has 3 rings (SSSR count). The zero-order valence-corrected chi connectivity index (χ0v) is 19.6. The number of thiazole rings is 1. The van der Waals surface area contributed by atoms with Crippen molar-refractivity contribution in [1.29, 1.82) is 0 Å². The highest BCUT2D eigenvalue weighted by Crippen LogP contribution is 2.21. The Bertz CT molecular complexity index is 982. The van der Waals surface area contributed by atoms with Crippen LogP contribution in [0.4, 0.5) is 0 Å². The van der Waals surface area contributed by atoms with Gasteiger partial charge in [0.2, 0.25) is 0 Å². The molecule has 0 bridgehead atoms. The first-order valence-electron chi connectivity index (χ1n) is 10.3. The van der Waals surface area contributed by atoms with E-state index >= 15 is 0 Å². The first-order valence-corrected chi connectivity index (χ1v) is 11.2. The predicted molar refractivity (Wildman–Crippen MR) is 123 cm³/mol. The molecule has 0 aliphatic carbocycles. The van der Waals surface area contributed by atoms with E-state index in [9.17, 15) is 0 Å². The van der Waals surface area contributed by atoms with Gasteiger partial charge in [0.05, 0.1) is 12.2 Å². The summed E-state index contributed by atoms with van der Waals surface area (Å²) in [6.45, 7) is 5.47. The number of nitrogens with one attached hydrogen (secondary N) is 1. The van der Waals surface area contributed by atoms with Crippen LogP contribution in [0.1, 0.15) is 42.0 Å². The van der Waals surface area contributed by atoms with Gasteiger partial charge in [0.25, 0.3) is 5.89 Å². The van der Waals surface area contributed by atoms with Crippen molar-refractivity contribution in [2.24, 2.45) is 4.99 Å². The molecule has 1 aromatic carbocycles. The molecule has 0 radical (unpaired) electrons. The second kappa shape index (κ2) is 11.0. The van der Waals surface area contributed by atoms with Crippen molar-refractivity contribution in [3.63, 3.8) is 0 Å². The van der Waals surface area contributed by atoms with Crippen LogP contribution in [-0.4, -0.2) is 53.7 Å². The molecule has 0 fully saturated rings. The van der Waals surface area contributed by atoms with E-state index in [4.69, 9.17) is 9.26 Å². The fourth-order valence-corrected chi connectivity index (χ4v) is 3.87. The summed E-state index contributed by atoms with van der Waals surface area (Å²) < 4.78 is 10.6. The maximum atomic E-state index is 5.34. The molecule has 31 heavy (non-hydrogen) atoms. The quantitative estimate of drug-likeness (QED) is 0.399. The number of rotatable bonds is 9. The Kier molecular flexibility index (Phi) is 8.13. The van der Waals surface area contributed by atoms with Gasteiger partial charge in [-0.15, -0.1) is 11.3 Å². The summed E-state index contributed by atoms with van der Waals surface area (Å²) in [7, 11) is 5.50. The Morgan fingerprint density at radius 3 is 2.71 bits per heavy atom. The summed E-state index contributed by atoms with van der Waals surface area (Å²) in [5.41, 5.74) is 3.17. The number of ether oxygens (including phenoxy) is 1. The number of aliphatic imine (C=N–C) groups is 1. The van der Waals surface area contributed by atoms with Crippen molar-refractivity contribution in [3.05, 3.63) is 51.7 Å². The van der Waals surface area contributed by atoms with Crippen molar-refractivity contribution < 1.29 is 9.26 Å². The number of methoxy groups -OCH3 is 1. The number of nitrogens with zero attached hydrogens (tertiary/aromatic N) is 5. The van der Waals surface area contributed by atoms with Gasteiger partial charge in [-0.2, -0.15) is 4.98 Å². The lowest BCUT2D eigenvalue weighted by atomic mass is 10.1. The Balaban J connectivity index is 1.49. The van der Waals surface area contributed by atoms with Crippen molar-refractivity contribution >= 4 is 17.3 Å². The van der Waals surface area contributed by atoms with E-state index in [2.05, 4.69) is 47.8 Å². The highest BCUT2D eigenvalue weighted by Gasteiger charge is 2.13. The standard InChI is InChI=1S/C22H30N6O2S/c1-6-19-26-20(30-27-19)17-9-7-16(8-10-17)11-12-24-22(23-3)28(4)13-18-14-31-21(25-18)15(2)29-5/h7-10,14-15H,6,11-13H2,1-5H3,(H,23,24). The minimum absolute atomic E-state index is 0.0152. The first-order chi connectivity index (χ1) is 15.0. The highest BCUT2D eigenvalue weighted by molar-refractivity contribution is 7.09. The Hall–Kier alpha value is -2.78. The minimum Gasteiger partial charge on any atom is -0.375 e. The van der Waals surface area contributed by atoms with Crippen LogP contribution >= 0.6 is 11.3 Å². The van der Waals surface area contributed by atoms with Gasteiger partial charge in [0.15, 0.2) is 11.8 Å². The summed E-state index contributed by atoms with van der Waals surface area (Å²) in [4.78, 5) is 15.5. The zero-order valence-electron chi connectivity index (χ0n) is 18.8. The largest absolute Gasteiger partial charge is 0.375 e. The smallest absolute Gasteiger partial charge is 0.257 e. The molecule has 0 spiro atoms. The predicted octanol–water partition coefficient (Wildman–Crippen LogP) is 3.71. The van der Waals surface area contributed by atoms with Gasteiger partial charge in [0.1, 0.15) is 11.1 Å². The topological polar surface area (TPSA) is 88.7 Å². The van der Waals surface area contributed by atoms with E-state index in [1.807, 2.05) is 33.0 Å². The number of benzene rings is 1. The lowest BCUT2D eigenvalue weighted by Gasteiger charge is -2.21. The first kappa shape index (κ1) is 22.9. The van der Waals surface area contributed by atoms with E-state index < -0.39 is 0 Å². The minimum atomic E-state index is 0.0152. The van der Waals surface area contributed by atoms with Gasteiger partial charge in [-0.25, -0.2) is 4.98 Å². The van der Waals surface area contributed by atoms with Crippen molar-refractivity contribution in [3.8, 4) is 11.5 Å². The Labute approximate surface area is 187 Å².